The minimum Gasteiger partial charge on any atom is -0.342 e. The maximum Gasteiger partial charge on any atom is 0.225 e. The normalized spacial score (nSPS) is 25.4. The lowest BCUT2D eigenvalue weighted by molar-refractivity contribution is -0.136. The van der Waals surface area contributed by atoms with Crippen molar-refractivity contribution in [1.82, 2.24) is 20.2 Å². The molecule has 1 aromatic heterocycles. The molecule has 1 saturated heterocycles. The summed E-state index contributed by atoms with van der Waals surface area (Å²) >= 11 is 0. The Balaban J connectivity index is 1.47. The van der Waals surface area contributed by atoms with Crippen LogP contribution in [0, 0.1) is 5.92 Å². The predicted molar refractivity (Wildman–Crippen MR) is 88.0 cm³/mol. The fraction of sp³-hybridized carbons (Fsp3) is 0.722. The molecule has 1 amide bonds. The highest BCUT2D eigenvalue weighted by Gasteiger charge is 2.32. The molecule has 4 rings (SSSR count). The third-order valence-electron chi connectivity index (χ3n) is 5.63. The number of likely N-dealkylation sites (tertiary alicyclic amines) is 1. The molecule has 5 nitrogen and oxygen atoms in total. The molecule has 2 aliphatic heterocycles. The summed E-state index contributed by atoms with van der Waals surface area (Å²) in [7, 11) is 0. The van der Waals surface area contributed by atoms with E-state index in [-0.39, 0.29) is 5.92 Å². The van der Waals surface area contributed by atoms with Crippen LogP contribution in [0.1, 0.15) is 61.5 Å². The van der Waals surface area contributed by atoms with E-state index in [4.69, 9.17) is 4.98 Å². The third-order valence-corrected chi connectivity index (χ3v) is 5.63. The van der Waals surface area contributed by atoms with Gasteiger partial charge in [0.15, 0.2) is 0 Å². The molecule has 1 saturated carbocycles. The molecule has 5 heteroatoms. The minimum absolute atomic E-state index is 0.282. The van der Waals surface area contributed by atoms with Crippen LogP contribution in [0.5, 0.6) is 0 Å². The molecule has 0 spiro atoms. The molecule has 1 aliphatic carbocycles. The van der Waals surface area contributed by atoms with Crippen LogP contribution in [0.25, 0.3) is 0 Å². The molecular weight excluding hydrogens is 288 g/mol. The van der Waals surface area contributed by atoms with Crippen LogP contribution in [0.2, 0.25) is 0 Å². The number of nitrogens with one attached hydrogen (secondary N) is 1. The highest BCUT2D eigenvalue weighted by atomic mass is 16.2. The average Bonchev–Trinajstić information content (AvgIpc) is 3.15. The van der Waals surface area contributed by atoms with Crippen molar-refractivity contribution in [1.29, 1.82) is 0 Å². The summed E-state index contributed by atoms with van der Waals surface area (Å²) in [6.45, 7) is 3.61. The van der Waals surface area contributed by atoms with Crippen molar-refractivity contribution in [2.75, 3.05) is 19.6 Å². The van der Waals surface area contributed by atoms with Gasteiger partial charge in [-0.3, -0.25) is 4.79 Å². The summed E-state index contributed by atoms with van der Waals surface area (Å²) < 4.78 is 0. The molecule has 1 N–H and O–H groups in total. The molecule has 1 aromatic rings. The van der Waals surface area contributed by atoms with Gasteiger partial charge in [-0.25, -0.2) is 9.97 Å². The largest absolute Gasteiger partial charge is 0.342 e. The number of nitrogens with zero attached hydrogens (tertiary/aromatic N) is 3. The molecule has 3 aliphatic rings. The van der Waals surface area contributed by atoms with E-state index in [0.29, 0.717) is 11.8 Å². The number of carbonyl (C=O) groups excluding carboxylic acids is 1. The standard InChI is InChI=1S/C18H26N4O/c23-18(13-4-1-2-5-13)22-9-3-6-14(12-22)17-20-11-15-10-19-8-7-16(15)21-17/h11,13-14,19H,1-10,12H2/t14-/m0/s1. The maximum atomic E-state index is 12.7. The first-order chi connectivity index (χ1) is 11.3. The van der Waals surface area contributed by atoms with E-state index in [1.54, 1.807) is 0 Å². The lowest BCUT2D eigenvalue weighted by Gasteiger charge is -2.34. The first-order valence-corrected chi connectivity index (χ1v) is 9.15. The number of fused-ring (bicyclic) bond motifs is 1. The van der Waals surface area contributed by atoms with E-state index < -0.39 is 0 Å². The monoisotopic (exact) mass is 314 g/mol. The van der Waals surface area contributed by atoms with E-state index in [1.807, 2.05) is 6.20 Å². The fourth-order valence-electron chi connectivity index (χ4n) is 4.27. The Kier molecular flexibility index (Phi) is 4.29. The van der Waals surface area contributed by atoms with Gasteiger partial charge in [-0.1, -0.05) is 12.8 Å². The Morgan fingerprint density at radius 1 is 1.22 bits per heavy atom. The first kappa shape index (κ1) is 15.1. The van der Waals surface area contributed by atoms with E-state index >= 15 is 0 Å². The van der Waals surface area contributed by atoms with Crippen LogP contribution in [0.4, 0.5) is 0 Å². The SMILES string of the molecule is O=C(C1CCCC1)N1CCC[C@H](c2ncc3c(n2)CCNC3)C1. The van der Waals surface area contributed by atoms with Crippen molar-refractivity contribution in [3.05, 3.63) is 23.3 Å². The lowest BCUT2D eigenvalue weighted by Crippen LogP contribution is -2.42. The Hall–Kier alpha value is -1.49. The molecule has 0 unspecified atom stereocenters. The van der Waals surface area contributed by atoms with Crippen molar-refractivity contribution in [2.45, 2.75) is 57.4 Å². The van der Waals surface area contributed by atoms with Crippen LogP contribution >= 0.6 is 0 Å². The van der Waals surface area contributed by atoms with Crippen LogP contribution < -0.4 is 5.32 Å². The maximum absolute atomic E-state index is 12.7. The Labute approximate surface area is 137 Å². The number of aromatic nitrogens is 2. The quantitative estimate of drug-likeness (QED) is 0.907. The van der Waals surface area contributed by atoms with Gasteiger partial charge in [0, 0.05) is 61.9 Å². The van der Waals surface area contributed by atoms with Gasteiger partial charge in [-0.05, 0) is 25.7 Å². The number of carbonyl (C=O) groups is 1. The summed E-state index contributed by atoms with van der Waals surface area (Å²) in [5.41, 5.74) is 2.43. The molecule has 3 heterocycles. The van der Waals surface area contributed by atoms with Gasteiger partial charge in [-0.2, -0.15) is 0 Å². The zero-order valence-electron chi connectivity index (χ0n) is 13.8. The van der Waals surface area contributed by atoms with Crippen molar-refractivity contribution in [2.24, 2.45) is 5.92 Å². The van der Waals surface area contributed by atoms with Crippen LogP contribution in [0.3, 0.4) is 0 Å². The summed E-state index contributed by atoms with van der Waals surface area (Å²) in [5, 5.41) is 3.36. The van der Waals surface area contributed by atoms with E-state index in [9.17, 15) is 4.79 Å². The topological polar surface area (TPSA) is 58.1 Å². The minimum atomic E-state index is 0.282. The average molecular weight is 314 g/mol. The van der Waals surface area contributed by atoms with E-state index in [1.165, 1.54) is 24.1 Å². The number of amides is 1. The molecular formula is C18H26N4O. The Morgan fingerprint density at radius 3 is 2.96 bits per heavy atom. The zero-order valence-corrected chi connectivity index (χ0v) is 13.8. The molecule has 23 heavy (non-hydrogen) atoms. The smallest absolute Gasteiger partial charge is 0.225 e. The second kappa shape index (κ2) is 6.56. The van der Waals surface area contributed by atoms with Gasteiger partial charge in [0.1, 0.15) is 5.82 Å². The zero-order chi connectivity index (χ0) is 15.6. The van der Waals surface area contributed by atoms with Gasteiger partial charge in [-0.15, -0.1) is 0 Å². The third kappa shape index (κ3) is 3.11. The Bertz CT molecular complexity index is 582. The number of piperidine rings is 1. The predicted octanol–water partition coefficient (Wildman–Crippen LogP) is 2.02. The Morgan fingerprint density at radius 2 is 2.09 bits per heavy atom. The van der Waals surface area contributed by atoms with Crippen molar-refractivity contribution in [3.63, 3.8) is 0 Å². The van der Waals surface area contributed by atoms with Gasteiger partial charge in [0.2, 0.25) is 5.91 Å². The highest BCUT2D eigenvalue weighted by Crippen LogP contribution is 2.30. The van der Waals surface area contributed by atoms with E-state index in [2.05, 4.69) is 15.2 Å². The summed E-state index contributed by atoms with van der Waals surface area (Å²) in [6, 6.07) is 0. The van der Waals surface area contributed by atoms with Crippen LogP contribution in [-0.4, -0.2) is 40.4 Å². The van der Waals surface area contributed by atoms with Gasteiger partial charge < -0.3 is 10.2 Å². The summed E-state index contributed by atoms with van der Waals surface area (Å²) in [4.78, 5) is 24.2. The lowest BCUT2D eigenvalue weighted by atomic mass is 9.95. The van der Waals surface area contributed by atoms with E-state index in [0.717, 1.165) is 64.1 Å². The van der Waals surface area contributed by atoms with Crippen molar-refractivity contribution in [3.8, 4) is 0 Å². The van der Waals surface area contributed by atoms with Crippen LogP contribution in [-0.2, 0) is 17.8 Å². The molecule has 2 fully saturated rings. The second-order valence-corrected chi connectivity index (χ2v) is 7.23. The first-order valence-electron chi connectivity index (χ1n) is 9.15. The van der Waals surface area contributed by atoms with Crippen LogP contribution in [0.15, 0.2) is 6.20 Å². The molecule has 0 radical (unpaired) electrons. The molecule has 0 bridgehead atoms. The highest BCUT2D eigenvalue weighted by molar-refractivity contribution is 5.79. The summed E-state index contributed by atoms with van der Waals surface area (Å²) in [5.74, 6) is 1.93. The molecule has 0 aromatic carbocycles. The van der Waals surface area contributed by atoms with Gasteiger partial charge in [0.25, 0.3) is 0 Å². The number of rotatable bonds is 2. The number of hydrogen-bond donors (Lipinski definition) is 1. The van der Waals surface area contributed by atoms with Gasteiger partial charge in [0.05, 0.1) is 0 Å². The van der Waals surface area contributed by atoms with Crippen molar-refractivity contribution >= 4 is 5.91 Å². The molecule has 1 atom stereocenters. The molecule has 124 valence electrons. The fourth-order valence-corrected chi connectivity index (χ4v) is 4.27. The number of hydrogen-bond acceptors (Lipinski definition) is 4. The van der Waals surface area contributed by atoms with Crippen molar-refractivity contribution < 1.29 is 4.79 Å². The summed E-state index contributed by atoms with van der Waals surface area (Å²) in [6.07, 6.45) is 9.76. The second-order valence-electron chi connectivity index (χ2n) is 7.23. The van der Waals surface area contributed by atoms with Gasteiger partial charge >= 0.3 is 0 Å².